The van der Waals surface area contributed by atoms with Gasteiger partial charge in [-0.25, -0.2) is 4.98 Å². The van der Waals surface area contributed by atoms with Gasteiger partial charge in [0.05, 0.1) is 5.60 Å². The summed E-state index contributed by atoms with van der Waals surface area (Å²) in [6.07, 6.45) is 9.66. The number of ether oxygens (including phenoxy) is 1. The van der Waals surface area contributed by atoms with Crippen molar-refractivity contribution in [3.8, 4) is 0 Å². The van der Waals surface area contributed by atoms with E-state index in [1.807, 2.05) is 6.20 Å². The van der Waals surface area contributed by atoms with Crippen molar-refractivity contribution in [1.29, 1.82) is 0 Å². The second-order valence-corrected chi connectivity index (χ2v) is 5.96. The highest BCUT2D eigenvalue weighted by atomic mass is 16.5. The summed E-state index contributed by atoms with van der Waals surface area (Å²) in [5, 5.41) is 3.69. The highest BCUT2D eigenvalue weighted by Crippen LogP contribution is 2.29. The fraction of sp³-hybridized carbons (Fsp3) is 0.812. The molecule has 1 aliphatic rings. The first-order valence-corrected chi connectivity index (χ1v) is 8.07. The summed E-state index contributed by atoms with van der Waals surface area (Å²) in [6, 6.07) is 0.343. The molecule has 20 heavy (non-hydrogen) atoms. The number of hydrogen-bond acceptors (Lipinski definition) is 3. The van der Waals surface area contributed by atoms with E-state index in [0.717, 1.165) is 44.8 Å². The Hall–Kier alpha value is -0.870. The van der Waals surface area contributed by atoms with Crippen molar-refractivity contribution >= 4 is 0 Å². The molecule has 1 aromatic rings. The molecule has 2 unspecified atom stereocenters. The van der Waals surface area contributed by atoms with Gasteiger partial charge in [-0.15, -0.1) is 0 Å². The molecule has 114 valence electrons. The van der Waals surface area contributed by atoms with E-state index < -0.39 is 0 Å². The maximum atomic E-state index is 6.15. The fourth-order valence-electron chi connectivity index (χ4n) is 3.05. The molecule has 0 spiro atoms. The molecular weight excluding hydrogens is 250 g/mol. The maximum Gasteiger partial charge on any atom is 0.110 e. The fourth-order valence-corrected chi connectivity index (χ4v) is 3.05. The second kappa shape index (κ2) is 7.23. The molecule has 1 aromatic heterocycles. The van der Waals surface area contributed by atoms with Crippen molar-refractivity contribution in [2.75, 3.05) is 13.2 Å². The van der Waals surface area contributed by atoms with Gasteiger partial charge in [0, 0.05) is 38.0 Å². The summed E-state index contributed by atoms with van der Waals surface area (Å²) < 4.78 is 8.38. The highest BCUT2D eigenvalue weighted by molar-refractivity contribution is 5.01. The lowest BCUT2D eigenvalue weighted by Gasteiger charge is -2.41. The van der Waals surface area contributed by atoms with Crippen LogP contribution >= 0.6 is 0 Å². The summed E-state index contributed by atoms with van der Waals surface area (Å²) >= 11 is 0. The minimum absolute atomic E-state index is 0.0576. The van der Waals surface area contributed by atoms with Crippen LogP contribution in [0.3, 0.4) is 0 Å². The SMILES string of the molecule is CCCNC(Cc1nccn1CC)C1(C)CCCCO1. The number of aromatic nitrogens is 2. The molecule has 4 heteroatoms. The summed E-state index contributed by atoms with van der Waals surface area (Å²) in [5.41, 5.74) is -0.0576. The standard InChI is InChI=1S/C16H29N3O/c1-4-9-17-14(16(3)8-6-7-12-20-16)13-15-18-10-11-19(15)5-2/h10-11,14,17H,4-9,12-13H2,1-3H3. The van der Waals surface area contributed by atoms with Crippen LogP contribution in [-0.4, -0.2) is 34.3 Å². The van der Waals surface area contributed by atoms with Crippen molar-refractivity contribution in [1.82, 2.24) is 14.9 Å². The lowest BCUT2D eigenvalue weighted by Crippen LogP contribution is -2.53. The largest absolute Gasteiger partial charge is 0.374 e. The van der Waals surface area contributed by atoms with Crippen molar-refractivity contribution in [2.45, 2.75) is 71.1 Å². The molecular formula is C16H29N3O. The molecule has 4 nitrogen and oxygen atoms in total. The highest BCUT2D eigenvalue weighted by Gasteiger charge is 2.37. The van der Waals surface area contributed by atoms with Gasteiger partial charge in [0.25, 0.3) is 0 Å². The van der Waals surface area contributed by atoms with Crippen LogP contribution < -0.4 is 5.32 Å². The number of imidazole rings is 1. The van der Waals surface area contributed by atoms with E-state index in [0.29, 0.717) is 6.04 Å². The molecule has 0 aliphatic carbocycles. The monoisotopic (exact) mass is 279 g/mol. The van der Waals surface area contributed by atoms with E-state index in [4.69, 9.17) is 4.74 Å². The molecule has 0 amide bonds. The van der Waals surface area contributed by atoms with Gasteiger partial charge in [-0.2, -0.15) is 0 Å². The van der Waals surface area contributed by atoms with E-state index in [9.17, 15) is 0 Å². The summed E-state index contributed by atoms with van der Waals surface area (Å²) in [7, 11) is 0. The average Bonchev–Trinajstić information content (AvgIpc) is 2.91. The van der Waals surface area contributed by atoms with E-state index >= 15 is 0 Å². The van der Waals surface area contributed by atoms with E-state index in [2.05, 4.69) is 41.8 Å². The molecule has 0 radical (unpaired) electrons. The first kappa shape index (κ1) is 15.5. The predicted octanol–water partition coefficient (Wildman–Crippen LogP) is 2.77. The van der Waals surface area contributed by atoms with Crippen molar-refractivity contribution in [2.24, 2.45) is 0 Å². The van der Waals surface area contributed by atoms with Gasteiger partial charge < -0.3 is 14.6 Å². The number of nitrogens with zero attached hydrogens (tertiary/aromatic N) is 2. The summed E-state index contributed by atoms with van der Waals surface area (Å²) in [5.74, 6) is 1.16. The number of aryl methyl sites for hydroxylation is 1. The molecule has 1 fully saturated rings. The third-order valence-electron chi connectivity index (χ3n) is 4.41. The molecule has 1 N–H and O–H groups in total. The van der Waals surface area contributed by atoms with Gasteiger partial charge in [0.2, 0.25) is 0 Å². The second-order valence-electron chi connectivity index (χ2n) is 5.96. The topological polar surface area (TPSA) is 39.1 Å². The van der Waals surface area contributed by atoms with Crippen molar-refractivity contribution in [3.05, 3.63) is 18.2 Å². The Morgan fingerprint density at radius 2 is 2.30 bits per heavy atom. The molecule has 0 saturated carbocycles. The first-order valence-electron chi connectivity index (χ1n) is 8.07. The smallest absolute Gasteiger partial charge is 0.110 e. The van der Waals surface area contributed by atoms with Crippen molar-refractivity contribution < 1.29 is 4.74 Å². The van der Waals surface area contributed by atoms with Crippen LogP contribution in [0.15, 0.2) is 12.4 Å². The van der Waals surface area contributed by atoms with Gasteiger partial charge in [-0.05, 0) is 46.1 Å². The van der Waals surface area contributed by atoms with Crippen LogP contribution in [-0.2, 0) is 17.7 Å². The Morgan fingerprint density at radius 3 is 2.95 bits per heavy atom. The van der Waals surface area contributed by atoms with Crippen LogP contribution in [0.5, 0.6) is 0 Å². The van der Waals surface area contributed by atoms with Crippen LogP contribution in [0, 0.1) is 0 Å². The van der Waals surface area contributed by atoms with E-state index in [1.54, 1.807) is 0 Å². The molecule has 0 aromatic carbocycles. The molecule has 2 atom stereocenters. The minimum atomic E-state index is -0.0576. The van der Waals surface area contributed by atoms with Crippen LogP contribution in [0.25, 0.3) is 0 Å². The third kappa shape index (κ3) is 3.61. The van der Waals surface area contributed by atoms with Crippen LogP contribution in [0.4, 0.5) is 0 Å². The van der Waals surface area contributed by atoms with Gasteiger partial charge in [-0.3, -0.25) is 0 Å². The normalized spacial score (nSPS) is 24.8. The Kier molecular flexibility index (Phi) is 5.61. The summed E-state index contributed by atoms with van der Waals surface area (Å²) in [4.78, 5) is 4.53. The molecule has 1 saturated heterocycles. The molecule has 1 aliphatic heterocycles. The van der Waals surface area contributed by atoms with Gasteiger partial charge in [-0.1, -0.05) is 6.92 Å². The van der Waals surface area contributed by atoms with E-state index in [1.165, 1.54) is 12.8 Å². The Labute approximate surface area is 122 Å². The lowest BCUT2D eigenvalue weighted by atomic mass is 9.86. The van der Waals surface area contributed by atoms with Crippen LogP contribution in [0.1, 0.15) is 52.3 Å². The number of rotatable bonds is 7. The Balaban J connectivity index is 2.10. The summed E-state index contributed by atoms with van der Waals surface area (Å²) in [6.45, 7) is 9.55. The number of hydrogen-bond donors (Lipinski definition) is 1. The first-order chi connectivity index (χ1) is 9.69. The van der Waals surface area contributed by atoms with Gasteiger partial charge in [0.1, 0.15) is 5.82 Å². The zero-order valence-electron chi connectivity index (χ0n) is 13.2. The Morgan fingerprint density at radius 1 is 1.45 bits per heavy atom. The maximum absolute atomic E-state index is 6.15. The third-order valence-corrected chi connectivity index (χ3v) is 4.41. The zero-order valence-corrected chi connectivity index (χ0v) is 13.2. The minimum Gasteiger partial charge on any atom is -0.374 e. The van der Waals surface area contributed by atoms with Gasteiger partial charge in [0.15, 0.2) is 0 Å². The number of nitrogens with one attached hydrogen (secondary N) is 1. The molecule has 0 bridgehead atoms. The quantitative estimate of drug-likeness (QED) is 0.834. The Bertz CT molecular complexity index is 396. The molecule has 2 rings (SSSR count). The van der Waals surface area contributed by atoms with Crippen molar-refractivity contribution in [3.63, 3.8) is 0 Å². The lowest BCUT2D eigenvalue weighted by molar-refractivity contribution is -0.0887. The van der Waals surface area contributed by atoms with Crippen LogP contribution in [0.2, 0.25) is 0 Å². The predicted molar refractivity (Wildman–Crippen MR) is 81.9 cm³/mol. The zero-order chi connectivity index (χ0) is 14.4. The molecule has 2 heterocycles. The van der Waals surface area contributed by atoms with E-state index in [-0.39, 0.29) is 5.60 Å². The van der Waals surface area contributed by atoms with Gasteiger partial charge >= 0.3 is 0 Å². The average molecular weight is 279 g/mol.